The molecule has 0 aromatic heterocycles. The number of amides is 2. The van der Waals surface area contributed by atoms with Crippen molar-refractivity contribution >= 4 is 23.4 Å². The van der Waals surface area contributed by atoms with Crippen molar-refractivity contribution in [3.8, 4) is 11.5 Å². The molecule has 0 radical (unpaired) electrons. The highest BCUT2D eigenvalue weighted by Gasteiger charge is 2.31. The average Bonchev–Trinajstić information content (AvgIpc) is 2.72. The number of nitrogens with zero attached hydrogens (tertiary/aromatic N) is 2. The number of hydrogen-bond donors (Lipinski definition) is 1. The number of ether oxygens (including phenoxy) is 2. The van der Waals surface area contributed by atoms with E-state index in [1.165, 1.54) is 13.2 Å². The van der Waals surface area contributed by atoms with E-state index in [9.17, 15) is 9.59 Å². The Bertz CT molecular complexity index is 891. The summed E-state index contributed by atoms with van der Waals surface area (Å²) in [7, 11) is 3.49. The first-order valence-corrected chi connectivity index (χ1v) is 9.61. The Morgan fingerprint density at radius 2 is 1.93 bits per heavy atom. The molecule has 7 nitrogen and oxygen atoms in total. The minimum Gasteiger partial charge on any atom is -0.493 e. The minimum atomic E-state index is -0.633. The Morgan fingerprint density at radius 1 is 1.21 bits per heavy atom. The molecular weight excluding hydrogens is 394 g/mol. The van der Waals surface area contributed by atoms with Gasteiger partial charge in [-0.2, -0.15) is 0 Å². The number of likely N-dealkylation sites (N-methyl/N-ethyl adjacent to an activating group) is 1. The second-order valence-corrected chi connectivity index (χ2v) is 7.34. The Labute approximate surface area is 174 Å². The van der Waals surface area contributed by atoms with Crippen LogP contribution in [0.15, 0.2) is 42.5 Å². The molecule has 2 N–H and O–H groups in total. The Hall–Kier alpha value is -2.77. The second kappa shape index (κ2) is 9.15. The number of methoxy groups -OCH3 is 1. The number of carbonyl (C=O) groups excluding carboxylic acids is 2. The van der Waals surface area contributed by atoms with Crippen LogP contribution < -0.4 is 15.2 Å². The first-order valence-electron chi connectivity index (χ1n) is 9.23. The fourth-order valence-electron chi connectivity index (χ4n) is 3.42. The summed E-state index contributed by atoms with van der Waals surface area (Å²) in [4.78, 5) is 28.4. The molecule has 0 bridgehead atoms. The van der Waals surface area contributed by atoms with E-state index in [1.807, 2.05) is 42.3 Å². The van der Waals surface area contributed by atoms with Crippen molar-refractivity contribution in [3.63, 3.8) is 0 Å². The monoisotopic (exact) mass is 417 g/mol. The van der Waals surface area contributed by atoms with Gasteiger partial charge in [0.05, 0.1) is 18.2 Å². The van der Waals surface area contributed by atoms with Crippen LogP contribution in [0.1, 0.15) is 22.0 Å². The molecule has 2 aromatic carbocycles. The lowest BCUT2D eigenvalue weighted by atomic mass is 10.0. The van der Waals surface area contributed by atoms with Crippen molar-refractivity contribution < 1.29 is 19.1 Å². The van der Waals surface area contributed by atoms with Gasteiger partial charge in [0.15, 0.2) is 18.1 Å². The highest BCUT2D eigenvalue weighted by atomic mass is 35.5. The third-order valence-corrected chi connectivity index (χ3v) is 5.14. The highest BCUT2D eigenvalue weighted by Crippen LogP contribution is 2.37. The molecule has 1 fully saturated rings. The topological polar surface area (TPSA) is 85.1 Å². The van der Waals surface area contributed by atoms with Gasteiger partial charge >= 0.3 is 0 Å². The SMILES string of the molecule is COc1cc(C(=O)N2CCN(C)CC2c2ccccc2)cc(Cl)c1OCC(N)=O. The van der Waals surface area contributed by atoms with E-state index in [0.29, 0.717) is 12.1 Å². The van der Waals surface area contributed by atoms with Crippen LogP contribution >= 0.6 is 11.6 Å². The van der Waals surface area contributed by atoms with Crippen LogP contribution in [0.3, 0.4) is 0 Å². The molecule has 3 rings (SSSR count). The number of halogens is 1. The largest absolute Gasteiger partial charge is 0.493 e. The summed E-state index contributed by atoms with van der Waals surface area (Å²) in [5.41, 5.74) is 6.59. The second-order valence-electron chi connectivity index (χ2n) is 6.93. The molecule has 2 aromatic rings. The average molecular weight is 418 g/mol. The van der Waals surface area contributed by atoms with Gasteiger partial charge < -0.3 is 25.0 Å². The molecule has 1 saturated heterocycles. The minimum absolute atomic E-state index is 0.0713. The molecule has 1 atom stereocenters. The normalized spacial score (nSPS) is 17.1. The van der Waals surface area contributed by atoms with E-state index in [2.05, 4.69) is 4.90 Å². The zero-order chi connectivity index (χ0) is 21.0. The third kappa shape index (κ3) is 4.81. The van der Waals surface area contributed by atoms with Crippen molar-refractivity contribution in [1.29, 1.82) is 0 Å². The predicted molar refractivity (Wildman–Crippen MR) is 110 cm³/mol. The number of piperazine rings is 1. The quantitative estimate of drug-likeness (QED) is 0.779. The summed E-state index contributed by atoms with van der Waals surface area (Å²) in [5.74, 6) is -0.324. The summed E-state index contributed by atoms with van der Waals surface area (Å²) in [6.45, 7) is 1.77. The maximum atomic E-state index is 13.4. The predicted octanol–water partition coefficient (Wildman–Crippen LogP) is 2.34. The van der Waals surface area contributed by atoms with Gasteiger partial charge in [0.25, 0.3) is 11.8 Å². The van der Waals surface area contributed by atoms with Gasteiger partial charge in [-0.15, -0.1) is 0 Å². The van der Waals surface area contributed by atoms with Gasteiger partial charge in [-0.1, -0.05) is 41.9 Å². The number of rotatable bonds is 6. The van der Waals surface area contributed by atoms with Gasteiger partial charge in [-0.25, -0.2) is 0 Å². The first kappa shape index (κ1) is 21.0. The summed E-state index contributed by atoms with van der Waals surface area (Å²) in [6, 6.07) is 13.0. The van der Waals surface area contributed by atoms with Gasteiger partial charge in [0, 0.05) is 25.2 Å². The van der Waals surface area contributed by atoms with Crippen molar-refractivity contribution in [2.24, 2.45) is 5.73 Å². The molecule has 0 spiro atoms. The summed E-state index contributed by atoms with van der Waals surface area (Å²) < 4.78 is 10.7. The molecule has 1 unspecified atom stereocenters. The fraction of sp³-hybridized carbons (Fsp3) is 0.333. The van der Waals surface area contributed by atoms with E-state index in [0.717, 1.165) is 18.7 Å². The standard InChI is InChI=1S/C21H24ClN3O4/c1-24-8-9-25(17(12-24)14-6-4-3-5-7-14)21(27)15-10-16(22)20(18(11-15)28-2)29-13-19(23)26/h3-7,10-11,17H,8-9,12-13H2,1-2H3,(H2,23,26). The summed E-state index contributed by atoms with van der Waals surface area (Å²) in [5, 5.41) is 0.180. The molecule has 0 saturated carbocycles. The Balaban J connectivity index is 1.91. The van der Waals surface area contributed by atoms with E-state index in [1.54, 1.807) is 6.07 Å². The smallest absolute Gasteiger partial charge is 0.255 e. The van der Waals surface area contributed by atoms with Crippen molar-refractivity contribution in [2.75, 3.05) is 40.4 Å². The molecule has 1 aliphatic rings. The Kier molecular flexibility index (Phi) is 6.61. The molecule has 29 heavy (non-hydrogen) atoms. The van der Waals surface area contributed by atoms with Gasteiger partial charge in [-0.05, 0) is 24.7 Å². The van der Waals surface area contributed by atoms with Crippen LogP contribution in [0.2, 0.25) is 5.02 Å². The van der Waals surface area contributed by atoms with Crippen LogP contribution in [0, 0.1) is 0 Å². The highest BCUT2D eigenvalue weighted by molar-refractivity contribution is 6.32. The van der Waals surface area contributed by atoms with Crippen LogP contribution in [0.4, 0.5) is 0 Å². The van der Waals surface area contributed by atoms with Gasteiger partial charge in [0.1, 0.15) is 0 Å². The lowest BCUT2D eigenvalue weighted by Crippen LogP contribution is -2.49. The summed E-state index contributed by atoms with van der Waals surface area (Å²) >= 11 is 6.32. The molecule has 8 heteroatoms. The Morgan fingerprint density at radius 3 is 2.59 bits per heavy atom. The lowest BCUT2D eigenvalue weighted by Gasteiger charge is -2.40. The summed E-state index contributed by atoms with van der Waals surface area (Å²) in [6.07, 6.45) is 0. The van der Waals surface area contributed by atoms with Crippen molar-refractivity contribution in [1.82, 2.24) is 9.80 Å². The zero-order valence-corrected chi connectivity index (χ0v) is 17.2. The fourth-order valence-corrected chi connectivity index (χ4v) is 3.68. The molecule has 154 valence electrons. The van der Waals surface area contributed by atoms with Crippen LogP contribution in [0.5, 0.6) is 11.5 Å². The van der Waals surface area contributed by atoms with E-state index < -0.39 is 5.91 Å². The maximum absolute atomic E-state index is 13.4. The number of primary amides is 1. The first-order chi connectivity index (χ1) is 13.9. The number of hydrogen-bond acceptors (Lipinski definition) is 5. The molecule has 2 amide bonds. The van der Waals surface area contributed by atoms with Gasteiger partial charge in [-0.3, -0.25) is 9.59 Å². The lowest BCUT2D eigenvalue weighted by molar-refractivity contribution is -0.119. The molecule has 1 heterocycles. The third-order valence-electron chi connectivity index (χ3n) is 4.86. The number of nitrogens with two attached hydrogens (primary N) is 1. The van der Waals surface area contributed by atoms with E-state index >= 15 is 0 Å². The molecule has 0 aliphatic carbocycles. The molecule has 1 aliphatic heterocycles. The zero-order valence-electron chi connectivity index (χ0n) is 16.4. The van der Waals surface area contributed by atoms with Crippen molar-refractivity contribution in [2.45, 2.75) is 6.04 Å². The van der Waals surface area contributed by atoms with Crippen LogP contribution in [0.25, 0.3) is 0 Å². The maximum Gasteiger partial charge on any atom is 0.255 e. The van der Waals surface area contributed by atoms with Crippen LogP contribution in [-0.4, -0.2) is 62.0 Å². The van der Waals surface area contributed by atoms with Crippen molar-refractivity contribution in [3.05, 3.63) is 58.6 Å². The van der Waals surface area contributed by atoms with Crippen LogP contribution in [-0.2, 0) is 4.79 Å². The van der Waals surface area contributed by atoms with E-state index in [4.69, 9.17) is 26.8 Å². The number of carbonyl (C=O) groups is 2. The number of benzene rings is 2. The van der Waals surface area contributed by atoms with E-state index in [-0.39, 0.29) is 35.1 Å². The van der Waals surface area contributed by atoms with Gasteiger partial charge in [0.2, 0.25) is 0 Å². The molecular formula is C21H24ClN3O4.